The van der Waals surface area contributed by atoms with E-state index < -0.39 is 0 Å². The molecule has 1 atom stereocenters. The fraction of sp³-hybridized carbons (Fsp3) is 0.429. The summed E-state index contributed by atoms with van der Waals surface area (Å²) in [7, 11) is 0. The number of rotatable bonds is 6. The van der Waals surface area contributed by atoms with Gasteiger partial charge in [-0.15, -0.1) is 6.58 Å². The lowest BCUT2D eigenvalue weighted by molar-refractivity contribution is 0.257. The molecule has 1 nitrogen and oxygen atoms in total. The standard InChI is InChI=1S/C14H20O/c1-3-4-5-6-14(11-15)13-9-7-12(2)8-10-13/h3,7-10,14-15H,1,4-6,11H2,2H3. The fourth-order valence-electron chi connectivity index (χ4n) is 1.71. The largest absolute Gasteiger partial charge is 0.396 e. The van der Waals surface area contributed by atoms with E-state index in [9.17, 15) is 5.11 Å². The van der Waals surface area contributed by atoms with Gasteiger partial charge in [0.1, 0.15) is 0 Å². The second-order valence-electron chi connectivity index (χ2n) is 4.01. The van der Waals surface area contributed by atoms with Crippen LogP contribution in [-0.2, 0) is 0 Å². The van der Waals surface area contributed by atoms with Crippen molar-refractivity contribution in [2.45, 2.75) is 32.1 Å². The average molecular weight is 204 g/mol. The molecule has 0 fully saturated rings. The molecule has 0 heterocycles. The molecule has 0 saturated carbocycles. The minimum absolute atomic E-state index is 0.236. The number of hydrogen-bond donors (Lipinski definition) is 1. The maximum atomic E-state index is 9.32. The Morgan fingerprint density at radius 1 is 1.33 bits per heavy atom. The SMILES string of the molecule is C=CCCCC(CO)c1ccc(C)cc1. The monoisotopic (exact) mass is 204 g/mol. The maximum Gasteiger partial charge on any atom is 0.0499 e. The van der Waals surface area contributed by atoms with Gasteiger partial charge in [0.15, 0.2) is 0 Å². The van der Waals surface area contributed by atoms with Crippen molar-refractivity contribution in [3.8, 4) is 0 Å². The van der Waals surface area contributed by atoms with E-state index in [0.717, 1.165) is 19.3 Å². The smallest absolute Gasteiger partial charge is 0.0499 e. The van der Waals surface area contributed by atoms with Crippen molar-refractivity contribution in [2.75, 3.05) is 6.61 Å². The van der Waals surface area contributed by atoms with Crippen LogP contribution in [-0.4, -0.2) is 11.7 Å². The van der Waals surface area contributed by atoms with Gasteiger partial charge in [-0.2, -0.15) is 0 Å². The molecular formula is C14H20O. The molecule has 1 N–H and O–H groups in total. The van der Waals surface area contributed by atoms with Gasteiger partial charge < -0.3 is 5.11 Å². The summed E-state index contributed by atoms with van der Waals surface area (Å²) < 4.78 is 0. The first-order valence-corrected chi connectivity index (χ1v) is 5.56. The fourth-order valence-corrected chi connectivity index (χ4v) is 1.71. The highest BCUT2D eigenvalue weighted by Gasteiger charge is 2.08. The van der Waals surface area contributed by atoms with E-state index in [4.69, 9.17) is 0 Å². The van der Waals surface area contributed by atoms with Crippen molar-refractivity contribution in [1.82, 2.24) is 0 Å². The zero-order chi connectivity index (χ0) is 11.1. The van der Waals surface area contributed by atoms with Crippen molar-refractivity contribution in [1.29, 1.82) is 0 Å². The number of unbranched alkanes of at least 4 members (excludes halogenated alkanes) is 1. The first-order valence-electron chi connectivity index (χ1n) is 5.56. The Balaban J connectivity index is 2.57. The molecular weight excluding hydrogens is 184 g/mol. The van der Waals surface area contributed by atoms with Crippen molar-refractivity contribution >= 4 is 0 Å². The summed E-state index contributed by atoms with van der Waals surface area (Å²) in [6.45, 7) is 6.02. The van der Waals surface area contributed by atoms with Crippen LogP contribution in [0.1, 0.15) is 36.3 Å². The van der Waals surface area contributed by atoms with Crippen LogP contribution in [0.25, 0.3) is 0 Å². The van der Waals surface area contributed by atoms with Gasteiger partial charge in [-0.1, -0.05) is 35.9 Å². The summed E-state index contributed by atoms with van der Waals surface area (Å²) in [6.07, 6.45) is 5.10. The minimum Gasteiger partial charge on any atom is -0.396 e. The minimum atomic E-state index is 0.236. The molecule has 0 spiro atoms. The molecule has 1 aromatic carbocycles. The summed E-state index contributed by atoms with van der Waals surface area (Å²) >= 11 is 0. The zero-order valence-corrected chi connectivity index (χ0v) is 9.45. The first kappa shape index (κ1) is 12.0. The van der Waals surface area contributed by atoms with Crippen molar-refractivity contribution in [3.05, 3.63) is 48.0 Å². The molecule has 0 amide bonds. The number of aliphatic hydroxyl groups is 1. The highest BCUT2D eigenvalue weighted by Crippen LogP contribution is 2.21. The summed E-state index contributed by atoms with van der Waals surface area (Å²) in [6, 6.07) is 8.44. The van der Waals surface area contributed by atoms with Crippen molar-refractivity contribution in [2.24, 2.45) is 0 Å². The average Bonchev–Trinajstić information content (AvgIpc) is 2.26. The second kappa shape index (κ2) is 6.41. The van der Waals surface area contributed by atoms with Crippen LogP contribution in [0.15, 0.2) is 36.9 Å². The van der Waals surface area contributed by atoms with E-state index in [-0.39, 0.29) is 12.5 Å². The van der Waals surface area contributed by atoms with Gasteiger partial charge in [0.05, 0.1) is 0 Å². The van der Waals surface area contributed by atoms with Crippen molar-refractivity contribution in [3.63, 3.8) is 0 Å². The summed E-state index contributed by atoms with van der Waals surface area (Å²) in [5.41, 5.74) is 2.51. The lowest BCUT2D eigenvalue weighted by atomic mass is 9.94. The maximum absolute atomic E-state index is 9.32. The van der Waals surface area contributed by atoms with E-state index in [2.05, 4.69) is 37.8 Å². The van der Waals surface area contributed by atoms with Crippen molar-refractivity contribution < 1.29 is 5.11 Å². The molecule has 0 aliphatic heterocycles. The van der Waals surface area contributed by atoms with E-state index in [1.165, 1.54) is 11.1 Å². The Kier molecular flexibility index (Phi) is 5.13. The normalized spacial score (nSPS) is 12.4. The number of allylic oxidation sites excluding steroid dienone is 1. The van der Waals surface area contributed by atoms with Crippen LogP contribution in [0.4, 0.5) is 0 Å². The van der Waals surface area contributed by atoms with E-state index in [1.807, 2.05) is 6.08 Å². The molecule has 0 aliphatic rings. The van der Waals surface area contributed by atoms with E-state index in [0.29, 0.717) is 0 Å². The molecule has 0 bridgehead atoms. The Bertz CT molecular complexity index is 287. The predicted octanol–water partition coefficient (Wildman–Crippen LogP) is 3.43. The topological polar surface area (TPSA) is 20.2 Å². The van der Waals surface area contributed by atoms with Gasteiger partial charge in [0, 0.05) is 12.5 Å². The third-order valence-corrected chi connectivity index (χ3v) is 2.73. The quantitative estimate of drug-likeness (QED) is 0.556. The third kappa shape index (κ3) is 3.88. The molecule has 0 aromatic heterocycles. The Labute approximate surface area is 92.5 Å². The number of aliphatic hydroxyl groups excluding tert-OH is 1. The lowest BCUT2D eigenvalue weighted by Crippen LogP contribution is -2.03. The molecule has 1 unspecified atom stereocenters. The molecule has 1 aromatic rings. The summed E-state index contributed by atoms with van der Waals surface area (Å²) in [5, 5.41) is 9.32. The van der Waals surface area contributed by atoms with Gasteiger partial charge in [-0.25, -0.2) is 0 Å². The molecule has 1 heteroatoms. The van der Waals surface area contributed by atoms with Crippen LogP contribution < -0.4 is 0 Å². The van der Waals surface area contributed by atoms with Crippen LogP contribution in [0, 0.1) is 6.92 Å². The third-order valence-electron chi connectivity index (χ3n) is 2.73. The molecule has 82 valence electrons. The predicted molar refractivity (Wildman–Crippen MR) is 65.1 cm³/mol. The summed E-state index contributed by atoms with van der Waals surface area (Å²) in [5.74, 6) is 0.283. The van der Waals surface area contributed by atoms with E-state index >= 15 is 0 Å². The number of aryl methyl sites for hydroxylation is 1. The van der Waals surface area contributed by atoms with Crippen LogP contribution in [0.3, 0.4) is 0 Å². The molecule has 0 aliphatic carbocycles. The highest BCUT2D eigenvalue weighted by atomic mass is 16.3. The molecule has 1 rings (SSSR count). The number of hydrogen-bond acceptors (Lipinski definition) is 1. The molecule has 0 radical (unpaired) electrons. The van der Waals surface area contributed by atoms with E-state index in [1.54, 1.807) is 0 Å². The number of benzene rings is 1. The Morgan fingerprint density at radius 2 is 2.00 bits per heavy atom. The Hall–Kier alpha value is -1.08. The van der Waals surface area contributed by atoms with Gasteiger partial charge in [0.25, 0.3) is 0 Å². The molecule has 15 heavy (non-hydrogen) atoms. The van der Waals surface area contributed by atoms with Gasteiger partial charge in [-0.05, 0) is 31.7 Å². The van der Waals surface area contributed by atoms with Gasteiger partial charge in [0.2, 0.25) is 0 Å². The van der Waals surface area contributed by atoms with Gasteiger partial charge in [-0.3, -0.25) is 0 Å². The van der Waals surface area contributed by atoms with Crippen LogP contribution >= 0.6 is 0 Å². The van der Waals surface area contributed by atoms with Crippen LogP contribution in [0.2, 0.25) is 0 Å². The highest BCUT2D eigenvalue weighted by molar-refractivity contribution is 5.24. The van der Waals surface area contributed by atoms with Gasteiger partial charge >= 0.3 is 0 Å². The second-order valence-corrected chi connectivity index (χ2v) is 4.01. The molecule has 0 saturated heterocycles. The Morgan fingerprint density at radius 3 is 2.53 bits per heavy atom. The zero-order valence-electron chi connectivity index (χ0n) is 9.45. The summed E-state index contributed by atoms with van der Waals surface area (Å²) in [4.78, 5) is 0. The van der Waals surface area contributed by atoms with Crippen LogP contribution in [0.5, 0.6) is 0 Å². The lowest BCUT2D eigenvalue weighted by Gasteiger charge is -2.14. The first-order chi connectivity index (χ1) is 7.27.